The van der Waals surface area contributed by atoms with Crippen molar-refractivity contribution >= 4 is 11.6 Å². The highest BCUT2D eigenvalue weighted by Crippen LogP contribution is 2.30. The summed E-state index contributed by atoms with van der Waals surface area (Å²) in [5, 5.41) is 2.80. The molecule has 0 spiro atoms. The van der Waals surface area contributed by atoms with E-state index in [2.05, 4.69) is 14.8 Å². The van der Waals surface area contributed by atoms with Crippen LogP contribution in [0.4, 0.5) is 14.5 Å². The molecule has 0 saturated carbocycles. The SMILES string of the molecule is Cc1c(C(=O)Nc2cccc(C(C)(F)F)c2)cc(-c2ccccc2)n1CCCN1CCOCC1. The first-order valence-corrected chi connectivity index (χ1v) is 11.7. The number of carbonyl (C=O) groups is 1. The maximum absolute atomic E-state index is 13.7. The third-order valence-electron chi connectivity index (χ3n) is 6.27. The summed E-state index contributed by atoms with van der Waals surface area (Å²) in [4.78, 5) is 15.6. The molecule has 1 aromatic heterocycles. The molecule has 1 fully saturated rings. The fraction of sp³-hybridized carbons (Fsp3) is 0.370. The minimum atomic E-state index is -2.97. The molecular weight excluding hydrogens is 436 g/mol. The van der Waals surface area contributed by atoms with Crippen molar-refractivity contribution in [1.29, 1.82) is 0 Å². The van der Waals surface area contributed by atoms with Gasteiger partial charge in [0, 0.05) is 55.7 Å². The number of carbonyl (C=O) groups excluding carboxylic acids is 1. The van der Waals surface area contributed by atoms with E-state index in [9.17, 15) is 13.6 Å². The predicted octanol–water partition coefficient (Wildman–Crippen LogP) is 5.55. The summed E-state index contributed by atoms with van der Waals surface area (Å²) in [5.74, 6) is -3.28. The van der Waals surface area contributed by atoms with Gasteiger partial charge in [-0.1, -0.05) is 42.5 Å². The van der Waals surface area contributed by atoms with Crippen molar-refractivity contribution in [3.63, 3.8) is 0 Å². The predicted molar refractivity (Wildman–Crippen MR) is 130 cm³/mol. The summed E-state index contributed by atoms with van der Waals surface area (Å²) in [5.41, 5.74) is 3.62. The molecule has 180 valence electrons. The number of rotatable bonds is 8. The van der Waals surface area contributed by atoms with E-state index in [1.165, 1.54) is 18.2 Å². The Morgan fingerprint density at radius 3 is 2.47 bits per heavy atom. The summed E-state index contributed by atoms with van der Waals surface area (Å²) < 4.78 is 35.1. The Morgan fingerprint density at radius 2 is 1.76 bits per heavy atom. The maximum atomic E-state index is 13.7. The zero-order chi connectivity index (χ0) is 24.1. The second-order valence-corrected chi connectivity index (χ2v) is 8.78. The summed E-state index contributed by atoms with van der Waals surface area (Å²) in [6, 6.07) is 17.7. The van der Waals surface area contributed by atoms with Crippen LogP contribution in [0.1, 0.15) is 35.0 Å². The first-order valence-electron chi connectivity index (χ1n) is 11.7. The van der Waals surface area contributed by atoms with Crippen LogP contribution in [0.15, 0.2) is 60.7 Å². The molecule has 1 N–H and O–H groups in total. The van der Waals surface area contributed by atoms with Crippen LogP contribution in [0.25, 0.3) is 11.3 Å². The molecule has 1 aliphatic rings. The number of morpholine rings is 1. The van der Waals surface area contributed by atoms with Crippen molar-refractivity contribution in [2.24, 2.45) is 0 Å². The Hall–Kier alpha value is -3.03. The summed E-state index contributed by atoms with van der Waals surface area (Å²) in [6.45, 7) is 7.96. The second-order valence-electron chi connectivity index (χ2n) is 8.78. The van der Waals surface area contributed by atoms with Crippen LogP contribution in [0.2, 0.25) is 0 Å². The molecule has 0 atom stereocenters. The summed E-state index contributed by atoms with van der Waals surface area (Å²) in [6.07, 6.45) is 0.948. The Balaban J connectivity index is 1.56. The number of ether oxygens (including phenoxy) is 1. The fourth-order valence-electron chi connectivity index (χ4n) is 4.36. The molecule has 2 heterocycles. The van der Waals surface area contributed by atoms with Gasteiger partial charge in [0.15, 0.2) is 0 Å². The number of hydrogen-bond acceptors (Lipinski definition) is 3. The van der Waals surface area contributed by atoms with E-state index in [1.807, 2.05) is 43.3 Å². The van der Waals surface area contributed by atoms with Gasteiger partial charge in [0.2, 0.25) is 0 Å². The van der Waals surface area contributed by atoms with E-state index in [1.54, 1.807) is 6.07 Å². The number of nitrogens with zero attached hydrogens (tertiary/aromatic N) is 2. The van der Waals surface area contributed by atoms with Gasteiger partial charge in [0.05, 0.1) is 18.8 Å². The molecule has 0 bridgehead atoms. The number of alkyl halides is 2. The van der Waals surface area contributed by atoms with Crippen molar-refractivity contribution in [1.82, 2.24) is 9.47 Å². The first-order chi connectivity index (χ1) is 16.3. The van der Waals surface area contributed by atoms with Crippen molar-refractivity contribution < 1.29 is 18.3 Å². The molecule has 5 nitrogen and oxygen atoms in total. The van der Waals surface area contributed by atoms with Crippen LogP contribution in [0.5, 0.6) is 0 Å². The normalized spacial score (nSPS) is 14.8. The van der Waals surface area contributed by atoms with Gasteiger partial charge in [-0.15, -0.1) is 0 Å². The maximum Gasteiger partial charge on any atom is 0.270 e. The molecule has 0 unspecified atom stereocenters. The van der Waals surface area contributed by atoms with Crippen LogP contribution in [0.3, 0.4) is 0 Å². The van der Waals surface area contributed by atoms with E-state index in [0.717, 1.165) is 69.7 Å². The van der Waals surface area contributed by atoms with Gasteiger partial charge in [-0.2, -0.15) is 0 Å². The zero-order valence-electron chi connectivity index (χ0n) is 19.7. The van der Waals surface area contributed by atoms with E-state index in [0.29, 0.717) is 11.3 Å². The van der Waals surface area contributed by atoms with E-state index >= 15 is 0 Å². The number of halogens is 2. The number of aromatic nitrogens is 1. The standard InChI is InChI=1S/C27H31F2N3O2/c1-20-24(26(33)30-23-11-6-10-22(18-23)27(2,28)29)19-25(21-8-4-3-5-9-21)32(20)13-7-12-31-14-16-34-17-15-31/h3-6,8-11,18-19H,7,12-17H2,1-2H3,(H,30,33). The van der Waals surface area contributed by atoms with Crippen LogP contribution in [0, 0.1) is 6.92 Å². The lowest BCUT2D eigenvalue weighted by molar-refractivity contribution is 0.0175. The smallest absolute Gasteiger partial charge is 0.270 e. The van der Waals surface area contributed by atoms with Crippen LogP contribution < -0.4 is 5.32 Å². The number of anilines is 1. The highest BCUT2D eigenvalue weighted by Gasteiger charge is 2.25. The molecule has 1 saturated heterocycles. The molecule has 7 heteroatoms. The lowest BCUT2D eigenvalue weighted by atomic mass is 10.1. The monoisotopic (exact) mass is 467 g/mol. The van der Waals surface area contributed by atoms with Gasteiger partial charge in [0.1, 0.15) is 0 Å². The van der Waals surface area contributed by atoms with Gasteiger partial charge >= 0.3 is 0 Å². The van der Waals surface area contributed by atoms with Crippen molar-refractivity contribution in [2.45, 2.75) is 32.7 Å². The number of amides is 1. The average molecular weight is 468 g/mol. The third-order valence-corrected chi connectivity index (χ3v) is 6.27. The largest absolute Gasteiger partial charge is 0.379 e. The molecule has 4 rings (SSSR count). The fourth-order valence-corrected chi connectivity index (χ4v) is 4.36. The Bertz CT molecular complexity index is 1120. The minimum Gasteiger partial charge on any atom is -0.379 e. The Kier molecular flexibility index (Phi) is 7.44. The molecule has 1 amide bonds. The van der Waals surface area contributed by atoms with Crippen molar-refractivity contribution in [3.05, 3.63) is 77.5 Å². The first kappa shape index (κ1) is 24.1. The minimum absolute atomic E-state index is 0.132. The van der Waals surface area contributed by atoms with Gasteiger partial charge < -0.3 is 14.6 Å². The molecule has 34 heavy (non-hydrogen) atoms. The quantitative estimate of drug-likeness (QED) is 0.473. The number of hydrogen-bond donors (Lipinski definition) is 1. The molecule has 3 aromatic rings. The summed E-state index contributed by atoms with van der Waals surface area (Å²) >= 11 is 0. The van der Waals surface area contributed by atoms with Crippen molar-refractivity contribution in [3.8, 4) is 11.3 Å². The topological polar surface area (TPSA) is 46.5 Å². The molecule has 1 aliphatic heterocycles. The van der Waals surface area contributed by atoms with Gasteiger partial charge in [-0.05, 0) is 37.1 Å². The van der Waals surface area contributed by atoms with Crippen LogP contribution in [-0.4, -0.2) is 48.2 Å². The van der Waals surface area contributed by atoms with Crippen LogP contribution >= 0.6 is 0 Å². The number of nitrogens with one attached hydrogen (secondary N) is 1. The third kappa shape index (κ3) is 5.72. The second kappa shape index (κ2) is 10.5. The molecular formula is C27H31F2N3O2. The lowest BCUT2D eigenvalue weighted by Crippen LogP contribution is -2.37. The van der Waals surface area contributed by atoms with Crippen molar-refractivity contribution in [2.75, 3.05) is 38.2 Å². The molecule has 2 aromatic carbocycles. The van der Waals surface area contributed by atoms with Crippen LogP contribution in [-0.2, 0) is 17.2 Å². The van der Waals surface area contributed by atoms with E-state index in [-0.39, 0.29) is 11.5 Å². The van der Waals surface area contributed by atoms with Gasteiger partial charge in [0.25, 0.3) is 11.8 Å². The summed E-state index contributed by atoms with van der Waals surface area (Å²) in [7, 11) is 0. The Morgan fingerprint density at radius 1 is 1.03 bits per heavy atom. The van der Waals surface area contributed by atoms with Gasteiger partial charge in [-0.25, -0.2) is 8.78 Å². The molecule has 0 aliphatic carbocycles. The van der Waals surface area contributed by atoms with E-state index < -0.39 is 5.92 Å². The lowest BCUT2D eigenvalue weighted by Gasteiger charge is -2.26. The van der Waals surface area contributed by atoms with Gasteiger partial charge in [-0.3, -0.25) is 9.69 Å². The Labute approximate surface area is 199 Å². The van der Waals surface area contributed by atoms with E-state index in [4.69, 9.17) is 4.74 Å². The highest BCUT2D eigenvalue weighted by molar-refractivity contribution is 6.06. The number of benzene rings is 2. The zero-order valence-corrected chi connectivity index (χ0v) is 19.7. The average Bonchev–Trinajstić information content (AvgIpc) is 3.16. The molecule has 0 radical (unpaired) electrons. The highest BCUT2D eigenvalue weighted by atomic mass is 19.3.